The number of halogens is 2. The van der Waals surface area contributed by atoms with Gasteiger partial charge in [-0.25, -0.2) is 18.2 Å². The first-order valence-electron chi connectivity index (χ1n) is 10.2. The molecule has 0 heterocycles. The highest BCUT2D eigenvalue weighted by atomic mass is 79.9. The Bertz CT molecular complexity index is 1350. The van der Waals surface area contributed by atoms with Crippen LogP contribution in [0, 0.1) is 12.7 Å². The van der Waals surface area contributed by atoms with Crippen molar-refractivity contribution in [2.24, 2.45) is 5.10 Å². The van der Waals surface area contributed by atoms with Crippen LogP contribution < -0.4 is 19.2 Å². The maximum Gasteiger partial charge on any atom is 0.264 e. The molecule has 1 N–H and O–H groups in total. The van der Waals surface area contributed by atoms with Crippen molar-refractivity contribution in [3.05, 3.63) is 82.1 Å². The van der Waals surface area contributed by atoms with E-state index in [1.165, 1.54) is 50.8 Å². The van der Waals surface area contributed by atoms with E-state index in [2.05, 4.69) is 26.5 Å². The van der Waals surface area contributed by atoms with Crippen LogP contribution in [-0.2, 0) is 14.8 Å². The summed E-state index contributed by atoms with van der Waals surface area (Å²) in [6.07, 6.45) is 1.35. The number of benzene rings is 3. The van der Waals surface area contributed by atoms with Gasteiger partial charge in [0.1, 0.15) is 12.4 Å². The van der Waals surface area contributed by atoms with Crippen molar-refractivity contribution in [1.29, 1.82) is 0 Å². The lowest BCUT2D eigenvalue weighted by Crippen LogP contribution is -2.40. The number of ether oxygens (including phenoxy) is 2. The van der Waals surface area contributed by atoms with Crippen LogP contribution in [0.15, 0.2) is 75.1 Å². The minimum Gasteiger partial charge on any atom is -0.493 e. The fourth-order valence-electron chi connectivity index (χ4n) is 3.15. The molecular weight excluding hydrogens is 541 g/mol. The Labute approximate surface area is 211 Å². The molecule has 0 unspecified atom stereocenters. The number of hydrogen-bond donors (Lipinski definition) is 1. The van der Waals surface area contributed by atoms with Gasteiger partial charge in [-0.15, -0.1) is 0 Å². The number of rotatable bonds is 9. The zero-order valence-corrected chi connectivity index (χ0v) is 21.6. The molecule has 3 aromatic carbocycles. The molecule has 0 aliphatic carbocycles. The van der Waals surface area contributed by atoms with Gasteiger partial charge in [0.15, 0.2) is 11.5 Å². The van der Waals surface area contributed by atoms with E-state index in [-0.39, 0.29) is 10.6 Å². The number of carbonyl (C=O) groups is 1. The van der Waals surface area contributed by atoms with E-state index in [0.717, 1.165) is 11.6 Å². The summed E-state index contributed by atoms with van der Waals surface area (Å²) in [4.78, 5) is 12.6. The van der Waals surface area contributed by atoms with Gasteiger partial charge in [-0.1, -0.05) is 29.8 Å². The van der Waals surface area contributed by atoms with Crippen LogP contribution in [0.3, 0.4) is 0 Å². The number of carbonyl (C=O) groups excluding carboxylic acids is 1. The molecule has 0 saturated carbocycles. The third kappa shape index (κ3) is 6.17. The van der Waals surface area contributed by atoms with Gasteiger partial charge < -0.3 is 9.47 Å². The number of amides is 1. The Balaban J connectivity index is 1.85. The molecule has 0 aliphatic heterocycles. The molecule has 8 nitrogen and oxygen atoms in total. The molecule has 0 aliphatic rings. The Morgan fingerprint density at radius 3 is 2.43 bits per heavy atom. The van der Waals surface area contributed by atoms with Crippen molar-refractivity contribution in [2.75, 3.05) is 25.1 Å². The van der Waals surface area contributed by atoms with Crippen LogP contribution in [0.2, 0.25) is 0 Å². The van der Waals surface area contributed by atoms with Crippen LogP contribution in [0.25, 0.3) is 0 Å². The number of nitrogens with one attached hydrogen (secondary N) is 1. The van der Waals surface area contributed by atoms with E-state index in [4.69, 9.17) is 9.47 Å². The first-order valence-corrected chi connectivity index (χ1v) is 12.5. The lowest BCUT2D eigenvalue weighted by Gasteiger charge is -2.24. The highest BCUT2D eigenvalue weighted by Gasteiger charge is 2.29. The third-order valence-electron chi connectivity index (χ3n) is 4.88. The van der Waals surface area contributed by atoms with Crippen molar-refractivity contribution >= 4 is 43.8 Å². The average Bonchev–Trinajstić information content (AvgIpc) is 2.83. The third-order valence-corrected chi connectivity index (χ3v) is 7.24. The van der Waals surface area contributed by atoms with Gasteiger partial charge in [-0.2, -0.15) is 5.10 Å². The van der Waals surface area contributed by atoms with E-state index in [0.29, 0.717) is 25.8 Å². The average molecular weight is 564 g/mol. The summed E-state index contributed by atoms with van der Waals surface area (Å²) >= 11 is 3.37. The highest BCUT2D eigenvalue weighted by molar-refractivity contribution is 9.10. The highest BCUT2D eigenvalue weighted by Crippen LogP contribution is 2.35. The van der Waals surface area contributed by atoms with Gasteiger partial charge in [0.25, 0.3) is 15.9 Å². The summed E-state index contributed by atoms with van der Waals surface area (Å²) in [7, 11) is -1.26. The second-order valence-corrected chi connectivity index (χ2v) is 10.0. The Hall–Kier alpha value is -3.44. The molecule has 0 aromatic heterocycles. The number of hydrazone groups is 1. The fourth-order valence-corrected chi connectivity index (χ4v) is 5.20. The first kappa shape index (κ1) is 26.2. The van der Waals surface area contributed by atoms with Crippen molar-refractivity contribution in [3.8, 4) is 11.5 Å². The lowest BCUT2D eigenvalue weighted by molar-refractivity contribution is -0.119. The van der Waals surface area contributed by atoms with Crippen molar-refractivity contribution in [3.63, 3.8) is 0 Å². The molecule has 0 fully saturated rings. The van der Waals surface area contributed by atoms with Crippen molar-refractivity contribution in [1.82, 2.24) is 5.43 Å². The molecule has 3 aromatic rings. The quantitative estimate of drug-likeness (QED) is 0.310. The standard InChI is InChI=1S/C24H23BrFN3O5S/c1-16-8-10-18(11-9-16)35(31,32)29(21-7-5-4-6-20(21)26)15-23(30)28-27-14-17-12-19(25)24(34-3)22(13-17)33-2/h4-14H,15H2,1-3H3,(H,28,30)/b27-14-. The second kappa shape index (κ2) is 11.3. The summed E-state index contributed by atoms with van der Waals surface area (Å²) in [5.74, 6) is -0.602. The molecule has 0 atom stereocenters. The number of sulfonamides is 1. The maximum absolute atomic E-state index is 14.6. The Morgan fingerprint density at radius 2 is 1.80 bits per heavy atom. The molecule has 0 spiro atoms. The van der Waals surface area contributed by atoms with Gasteiger partial charge in [0.05, 0.1) is 35.5 Å². The second-order valence-electron chi connectivity index (χ2n) is 7.31. The number of aryl methyl sites for hydroxylation is 1. The Morgan fingerprint density at radius 1 is 1.11 bits per heavy atom. The van der Waals surface area contributed by atoms with Crippen molar-refractivity contribution in [2.45, 2.75) is 11.8 Å². The van der Waals surface area contributed by atoms with Crippen LogP contribution in [0.1, 0.15) is 11.1 Å². The summed E-state index contributed by atoms with van der Waals surface area (Å²) in [6, 6.07) is 14.7. The lowest BCUT2D eigenvalue weighted by atomic mass is 10.2. The van der Waals surface area contributed by atoms with Crippen LogP contribution in [-0.4, -0.2) is 41.3 Å². The number of para-hydroxylation sites is 1. The largest absolute Gasteiger partial charge is 0.493 e. The zero-order chi connectivity index (χ0) is 25.6. The molecule has 0 saturated heterocycles. The number of anilines is 1. The number of nitrogens with zero attached hydrogens (tertiary/aromatic N) is 2. The number of hydrogen-bond acceptors (Lipinski definition) is 6. The topological polar surface area (TPSA) is 97.3 Å². The summed E-state index contributed by atoms with van der Waals surface area (Å²) in [5.41, 5.74) is 3.46. The molecule has 11 heteroatoms. The van der Waals surface area contributed by atoms with Gasteiger partial charge in [-0.05, 0) is 64.8 Å². The van der Waals surface area contributed by atoms with Gasteiger partial charge in [-0.3, -0.25) is 9.10 Å². The number of methoxy groups -OCH3 is 2. The van der Waals surface area contributed by atoms with E-state index in [1.54, 1.807) is 24.3 Å². The predicted molar refractivity (Wildman–Crippen MR) is 135 cm³/mol. The molecule has 184 valence electrons. The Kier molecular flexibility index (Phi) is 8.47. The molecule has 35 heavy (non-hydrogen) atoms. The fraction of sp³-hybridized carbons (Fsp3) is 0.167. The van der Waals surface area contributed by atoms with E-state index in [1.807, 2.05) is 6.92 Å². The zero-order valence-electron chi connectivity index (χ0n) is 19.2. The maximum atomic E-state index is 14.6. The summed E-state index contributed by atoms with van der Waals surface area (Å²) < 4.78 is 53.0. The summed E-state index contributed by atoms with van der Waals surface area (Å²) in [5, 5.41) is 3.89. The monoisotopic (exact) mass is 563 g/mol. The minimum atomic E-state index is -4.24. The molecule has 0 bridgehead atoms. The van der Waals surface area contributed by atoms with Crippen LogP contribution in [0.4, 0.5) is 10.1 Å². The van der Waals surface area contributed by atoms with Gasteiger partial charge in [0.2, 0.25) is 0 Å². The SMILES string of the molecule is COc1cc(/C=N\NC(=O)CN(c2ccccc2F)S(=O)(=O)c2ccc(C)cc2)cc(Br)c1OC. The first-order chi connectivity index (χ1) is 16.7. The minimum absolute atomic E-state index is 0.0715. The van der Waals surface area contributed by atoms with Crippen LogP contribution >= 0.6 is 15.9 Å². The van der Waals surface area contributed by atoms with Gasteiger partial charge >= 0.3 is 0 Å². The molecule has 1 amide bonds. The van der Waals surface area contributed by atoms with E-state index >= 15 is 0 Å². The molecule has 3 rings (SSSR count). The smallest absolute Gasteiger partial charge is 0.264 e. The van der Waals surface area contributed by atoms with E-state index < -0.39 is 28.3 Å². The molecule has 0 radical (unpaired) electrons. The van der Waals surface area contributed by atoms with Crippen LogP contribution in [0.5, 0.6) is 11.5 Å². The van der Waals surface area contributed by atoms with Gasteiger partial charge in [0, 0.05) is 0 Å². The normalized spacial score (nSPS) is 11.3. The molecular formula is C24H23BrFN3O5S. The van der Waals surface area contributed by atoms with Crippen molar-refractivity contribution < 1.29 is 27.1 Å². The van der Waals surface area contributed by atoms with E-state index in [9.17, 15) is 17.6 Å². The predicted octanol–water partition coefficient (Wildman–Crippen LogP) is 4.26. The summed E-state index contributed by atoms with van der Waals surface area (Å²) in [6.45, 7) is 1.12.